The summed E-state index contributed by atoms with van der Waals surface area (Å²) < 4.78 is 86.0. The monoisotopic (exact) mass is 923 g/mol. The first-order valence-electron chi connectivity index (χ1n) is 22.3. The summed E-state index contributed by atoms with van der Waals surface area (Å²) in [7, 11) is -4.36. The molecule has 0 radical (unpaired) electrons. The van der Waals surface area contributed by atoms with Crippen LogP contribution in [0.15, 0.2) is 85.3 Å². The Bertz CT molecular complexity index is 2870. The molecule has 4 fully saturated rings. The third kappa shape index (κ3) is 8.52. The van der Waals surface area contributed by atoms with Crippen molar-refractivity contribution in [1.29, 1.82) is 0 Å². The molecule has 344 valence electrons. The molecule has 3 saturated heterocycles. The van der Waals surface area contributed by atoms with Crippen molar-refractivity contribution in [3.63, 3.8) is 0 Å². The van der Waals surface area contributed by atoms with E-state index in [-0.39, 0.29) is 48.7 Å². The van der Waals surface area contributed by atoms with Crippen LogP contribution in [0.1, 0.15) is 83.2 Å². The van der Waals surface area contributed by atoms with Crippen molar-refractivity contribution in [1.82, 2.24) is 24.5 Å². The zero-order valence-electron chi connectivity index (χ0n) is 35.9. The molecule has 3 aromatic carbocycles. The largest absolute Gasteiger partial charge is 0.490 e. The minimum Gasteiger partial charge on any atom is -0.490 e. The maximum Gasteiger partial charge on any atom is 0.301 e. The summed E-state index contributed by atoms with van der Waals surface area (Å²) >= 11 is 0. The highest BCUT2D eigenvalue weighted by atomic mass is 32.2. The Labute approximate surface area is 379 Å². The molecule has 2 amide bonds. The predicted octanol–water partition coefficient (Wildman–Crippen LogP) is 7.17. The number of anilines is 2. The fourth-order valence-corrected chi connectivity index (χ4v) is 11.1. The number of hydrogen-bond acceptors (Lipinski definition) is 9. The third-order valence-corrected chi connectivity index (χ3v) is 14.9. The van der Waals surface area contributed by atoms with Gasteiger partial charge >= 0.3 is 10.2 Å². The van der Waals surface area contributed by atoms with Crippen LogP contribution in [0.2, 0.25) is 0 Å². The fraction of sp³-hybridized carbons (Fsp3) is 0.375. The number of ketones is 1. The first kappa shape index (κ1) is 43.6. The molecule has 10 rings (SSSR count). The number of rotatable bonds is 12. The van der Waals surface area contributed by atoms with Crippen LogP contribution in [-0.4, -0.2) is 102 Å². The number of hydrogen-bond donors (Lipinski definition) is 3. The molecule has 5 aliphatic rings. The second kappa shape index (κ2) is 17.5. The number of ether oxygens (including phenoxy) is 2. The van der Waals surface area contributed by atoms with Crippen molar-refractivity contribution in [2.45, 2.75) is 88.4 Å². The summed E-state index contributed by atoms with van der Waals surface area (Å²) in [5.74, 6) is -3.17. The van der Waals surface area contributed by atoms with Crippen LogP contribution in [0, 0.1) is 11.6 Å². The molecular formula is C48H48F3N7O7S. The lowest BCUT2D eigenvalue weighted by Gasteiger charge is -2.35. The van der Waals surface area contributed by atoms with Crippen molar-refractivity contribution in [2.75, 3.05) is 35.8 Å². The van der Waals surface area contributed by atoms with Gasteiger partial charge in [0.2, 0.25) is 11.7 Å². The standard InChI is InChI=1S/C48H48F3N7O7S/c1-27-2-13-42(47(60)54-27)58-25-30-20-32(5-10-37(30)48(58)61)56-17-15-34(16-18-56)65-36-9-8-35(22-36)64-33-6-3-28(4-7-33)29-21-38-39(24-53-46(38)52-23-29)45(59)43-40(50)11-12-41(44(43)51)55-66(62,63)57-19-14-31(49)26-57/h3-7,10-12,20-21,23-24,31,34-36,42,55H,1-2,8-9,13-19,22,25-26H2,(H,52,53)(H,54,60)/t31-,35-,36-,42?/m1/s1. The molecule has 4 aliphatic heterocycles. The number of amides is 2. The van der Waals surface area contributed by atoms with Crippen LogP contribution < -0.4 is 19.7 Å². The Balaban J connectivity index is 0.727. The van der Waals surface area contributed by atoms with Gasteiger partial charge in [0.25, 0.3) is 5.91 Å². The van der Waals surface area contributed by atoms with Gasteiger partial charge in [0.15, 0.2) is 5.82 Å². The number of aromatic amines is 1. The number of halogens is 3. The molecule has 0 spiro atoms. The quantitative estimate of drug-likeness (QED) is 0.110. The molecule has 1 saturated carbocycles. The lowest BCUT2D eigenvalue weighted by molar-refractivity contribution is -0.126. The Morgan fingerprint density at radius 3 is 2.44 bits per heavy atom. The summed E-state index contributed by atoms with van der Waals surface area (Å²) in [5.41, 5.74) is 3.42. The molecule has 0 bridgehead atoms. The average molecular weight is 924 g/mol. The smallest absolute Gasteiger partial charge is 0.301 e. The Morgan fingerprint density at radius 2 is 1.68 bits per heavy atom. The van der Waals surface area contributed by atoms with E-state index in [4.69, 9.17) is 9.47 Å². The minimum atomic E-state index is -4.36. The van der Waals surface area contributed by atoms with Gasteiger partial charge in [-0.1, -0.05) is 18.7 Å². The van der Waals surface area contributed by atoms with E-state index in [1.807, 2.05) is 41.1 Å². The summed E-state index contributed by atoms with van der Waals surface area (Å²) in [6, 6.07) is 16.3. The van der Waals surface area contributed by atoms with Gasteiger partial charge in [0.1, 0.15) is 35.5 Å². The second-order valence-corrected chi connectivity index (χ2v) is 19.4. The van der Waals surface area contributed by atoms with E-state index in [1.54, 1.807) is 17.2 Å². The molecule has 1 unspecified atom stereocenters. The molecule has 5 aromatic rings. The van der Waals surface area contributed by atoms with Gasteiger partial charge in [-0.25, -0.2) is 18.2 Å². The van der Waals surface area contributed by atoms with Gasteiger partial charge < -0.3 is 29.6 Å². The molecule has 14 nitrogen and oxygen atoms in total. The van der Waals surface area contributed by atoms with Gasteiger partial charge in [0.05, 0.1) is 23.5 Å². The number of carbonyl (C=O) groups is 3. The van der Waals surface area contributed by atoms with E-state index in [0.717, 1.165) is 78.4 Å². The number of nitrogens with zero attached hydrogens (tertiary/aromatic N) is 4. The molecule has 4 atom stereocenters. The van der Waals surface area contributed by atoms with E-state index < -0.39 is 57.6 Å². The van der Waals surface area contributed by atoms with Crippen molar-refractivity contribution in [2.24, 2.45) is 0 Å². The van der Waals surface area contributed by atoms with Crippen LogP contribution in [0.5, 0.6) is 5.75 Å². The van der Waals surface area contributed by atoms with Crippen LogP contribution >= 0.6 is 0 Å². The minimum absolute atomic E-state index is 0.000267. The number of alkyl halides is 1. The van der Waals surface area contributed by atoms with Crippen molar-refractivity contribution in [3.05, 3.63) is 119 Å². The van der Waals surface area contributed by atoms with Crippen molar-refractivity contribution in [3.8, 4) is 16.9 Å². The number of pyridine rings is 1. The maximum atomic E-state index is 15.7. The number of benzene rings is 3. The molecule has 6 heterocycles. The Morgan fingerprint density at radius 1 is 0.894 bits per heavy atom. The van der Waals surface area contributed by atoms with Gasteiger partial charge in [-0.15, -0.1) is 0 Å². The van der Waals surface area contributed by atoms with Gasteiger partial charge in [-0.3, -0.25) is 19.1 Å². The predicted molar refractivity (Wildman–Crippen MR) is 240 cm³/mol. The third-order valence-electron chi connectivity index (χ3n) is 13.4. The fourth-order valence-electron chi connectivity index (χ4n) is 9.84. The van der Waals surface area contributed by atoms with E-state index in [9.17, 15) is 27.2 Å². The topological polar surface area (TPSA) is 166 Å². The summed E-state index contributed by atoms with van der Waals surface area (Å²) in [6.45, 7) is 5.44. The van der Waals surface area contributed by atoms with Crippen LogP contribution in [0.3, 0.4) is 0 Å². The number of fused-ring (bicyclic) bond motifs is 2. The van der Waals surface area contributed by atoms with Crippen LogP contribution in [0.25, 0.3) is 22.2 Å². The Hall–Kier alpha value is -6.24. The van der Waals surface area contributed by atoms with Gasteiger partial charge in [0, 0.05) is 85.0 Å². The molecular weight excluding hydrogens is 876 g/mol. The van der Waals surface area contributed by atoms with Gasteiger partial charge in [-0.2, -0.15) is 12.7 Å². The van der Waals surface area contributed by atoms with E-state index in [0.29, 0.717) is 53.0 Å². The SMILES string of the molecule is C=C1CCC(N2Cc3cc(N4CCC(O[C@@H]5CC[C@@H](Oc6ccc(-c7cnc8[nH]cc(C(=O)c9c(F)ccc(NS(=O)(=O)N%10CC[C@@H](F)C%10)c9F)c8c7)cc6)C5)CC4)ccc3C2=O)C(=O)N1. The summed E-state index contributed by atoms with van der Waals surface area (Å²) in [5, 5.41) is 3.10. The maximum absolute atomic E-state index is 15.7. The average Bonchev–Trinajstić information content (AvgIpc) is 4.12. The van der Waals surface area contributed by atoms with E-state index in [2.05, 4.69) is 32.8 Å². The number of H-pyrrole nitrogens is 1. The number of carbonyl (C=O) groups excluding carboxylic acids is 3. The lowest BCUT2D eigenvalue weighted by Crippen LogP contribution is -2.49. The molecule has 66 heavy (non-hydrogen) atoms. The van der Waals surface area contributed by atoms with E-state index >= 15 is 8.78 Å². The van der Waals surface area contributed by atoms with Crippen LogP contribution in [0.4, 0.5) is 24.5 Å². The van der Waals surface area contributed by atoms with Gasteiger partial charge in [-0.05, 0) is 105 Å². The number of allylic oxidation sites excluding steroid dienone is 1. The highest BCUT2D eigenvalue weighted by Crippen LogP contribution is 2.35. The molecule has 2 aromatic heterocycles. The summed E-state index contributed by atoms with van der Waals surface area (Å²) in [6.07, 6.45) is 7.27. The number of aromatic nitrogens is 2. The first-order chi connectivity index (χ1) is 31.8. The van der Waals surface area contributed by atoms with Crippen LogP contribution in [-0.2, 0) is 26.3 Å². The number of piperidine rings is 2. The van der Waals surface area contributed by atoms with Crippen molar-refractivity contribution >= 4 is 50.2 Å². The molecule has 18 heteroatoms. The van der Waals surface area contributed by atoms with Crippen molar-refractivity contribution < 1.29 is 45.4 Å². The highest BCUT2D eigenvalue weighted by molar-refractivity contribution is 7.90. The highest BCUT2D eigenvalue weighted by Gasteiger charge is 2.39. The zero-order chi connectivity index (χ0) is 45.9. The van der Waals surface area contributed by atoms with E-state index in [1.165, 1.54) is 6.20 Å². The normalized spacial score (nSPS) is 22.9. The zero-order valence-corrected chi connectivity index (χ0v) is 36.7. The molecule has 3 N–H and O–H groups in total. The number of nitrogens with one attached hydrogen (secondary N) is 3. The molecule has 1 aliphatic carbocycles. The lowest BCUT2D eigenvalue weighted by atomic mass is 10.00. The summed E-state index contributed by atoms with van der Waals surface area (Å²) in [4.78, 5) is 50.9. The second-order valence-electron chi connectivity index (χ2n) is 17.7. The Kier molecular flexibility index (Phi) is 11.6. The first-order valence-corrected chi connectivity index (χ1v) is 23.7.